The van der Waals surface area contributed by atoms with Crippen LogP contribution in [0.5, 0.6) is 0 Å². The van der Waals surface area contributed by atoms with Crippen LogP contribution >= 0.6 is 0 Å². The first kappa shape index (κ1) is 23.7. The number of hydrogen-bond acceptors (Lipinski definition) is 5. The molecule has 0 spiro atoms. The summed E-state index contributed by atoms with van der Waals surface area (Å²) in [7, 11) is -3.89. The van der Waals surface area contributed by atoms with E-state index in [0.29, 0.717) is 17.9 Å². The smallest absolute Gasteiger partial charge is 0.243 e. The van der Waals surface area contributed by atoms with Gasteiger partial charge in [-0.25, -0.2) is 8.42 Å². The minimum Gasteiger partial charge on any atom is -0.465 e. The molecule has 2 heterocycles. The van der Waals surface area contributed by atoms with E-state index >= 15 is 0 Å². The predicted molar refractivity (Wildman–Crippen MR) is 127 cm³/mol. The summed E-state index contributed by atoms with van der Waals surface area (Å²) >= 11 is 0. The van der Waals surface area contributed by atoms with Crippen molar-refractivity contribution in [2.75, 3.05) is 11.9 Å². The lowest BCUT2D eigenvalue weighted by Crippen LogP contribution is -2.42. The zero-order valence-corrected chi connectivity index (χ0v) is 19.9. The van der Waals surface area contributed by atoms with Crippen LogP contribution in [0.15, 0.2) is 70.0 Å². The van der Waals surface area contributed by atoms with E-state index < -0.39 is 16.1 Å². The summed E-state index contributed by atoms with van der Waals surface area (Å²) in [4.78, 5) is 24.2. The number of furan rings is 1. The van der Waals surface area contributed by atoms with Crippen LogP contribution in [0.3, 0.4) is 0 Å². The molecular weight excluding hydrogens is 454 g/mol. The molecule has 3 aromatic rings. The Morgan fingerprint density at radius 2 is 1.79 bits per heavy atom. The predicted octanol–water partition coefficient (Wildman–Crippen LogP) is 3.54. The lowest BCUT2D eigenvalue weighted by molar-refractivity contribution is -0.122. The van der Waals surface area contributed by atoms with Crippen LogP contribution in [0, 0.1) is 6.92 Å². The summed E-state index contributed by atoms with van der Waals surface area (Å²) in [6, 6.07) is 16.7. The highest BCUT2D eigenvalue weighted by atomic mass is 32.2. The van der Waals surface area contributed by atoms with Crippen molar-refractivity contribution >= 4 is 27.5 Å². The molecule has 2 aromatic carbocycles. The Kier molecular flexibility index (Phi) is 6.85. The van der Waals surface area contributed by atoms with Crippen molar-refractivity contribution in [3.8, 4) is 0 Å². The molecule has 2 N–H and O–H groups in total. The molecule has 1 aliphatic rings. The molecule has 2 amide bonds. The highest BCUT2D eigenvalue weighted by Crippen LogP contribution is 2.36. The summed E-state index contributed by atoms with van der Waals surface area (Å²) in [5.74, 6) is 0.891. The number of nitrogens with zero attached hydrogens (tertiary/aromatic N) is 1. The lowest BCUT2D eigenvalue weighted by atomic mass is 9.92. The summed E-state index contributed by atoms with van der Waals surface area (Å²) in [5, 5.41) is 5.47. The Morgan fingerprint density at radius 1 is 1.06 bits per heavy atom. The SMILES string of the molecule is CC(=O)Nc1ccc(S(=O)(=O)N2CCc3ccccc3C2CC(=O)NCc2ccc(C)o2)cc1. The molecule has 34 heavy (non-hydrogen) atoms. The maximum Gasteiger partial charge on any atom is 0.243 e. The van der Waals surface area contributed by atoms with Gasteiger partial charge >= 0.3 is 0 Å². The molecule has 0 bridgehead atoms. The van der Waals surface area contributed by atoms with E-state index in [4.69, 9.17) is 4.42 Å². The zero-order chi connectivity index (χ0) is 24.3. The third kappa shape index (κ3) is 5.21. The van der Waals surface area contributed by atoms with E-state index in [9.17, 15) is 18.0 Å². The van der Waals surface area contributed by atoms with Gasteiger partial charge in [0.25, 0.3) is 0 Å². The number of nitrogens with one attached hydrogen (secondary N) is 2. The van der Waals surface area contributed by atoms with Crippen LogP contribution in [0.1, 0.15) is 42.0 Å². The van der Waals surface area contributed by atoms with Gasteiger partial charge in [0.1, 0.15) is 11.5 Å². The highest BCUT2D eigenvalue weighted by molar-refractivity contribution is 7.89. The molecule has 1 atom stereocenters. The van der Waals surface area contributed by atoms with Crippen LogP contribution in [-0.2, 0) is 32.6 Å². The number of rotatable bonds is 7. The van der Waals surface area contributed by atoms with Crippen LogP contribution in [0.25, 0.3) is 0 Å². The molecule has 9 heteroatoms. The minimum atomic E-state index is -3.89. The van der Waals surface area contributed by atoms with Gasteiger partial charge in [0.2, 0.25) is 21.8 Å². The van der Waals surface area contributed by atoms with Gasteiger partial charge < -0.3 is 15.1 Å². The van der Waals surface area contributed by atoms with Crippen LogP contribution in [-0.4, -0.2) is 31.1 Å². The molecule has 4 rings (SSSR count). The maximum absolute atomic E-state index is 13.6. The second-order valence-electron chi connectivity index (χ2n) is 8.28. The summed E-state index contributed by atoms with van der Waals surface area (Å²) in [6.45, 7) is 3.72. The maximum atomic E-state index is 13.6. The standard InChI is InChI=1S/C25H27N3O5S/c1-17-7-10-21(33-17)16-26-25(30)15-24-23-6-4-3-5-19(23)13-14-28(24)34(31,32)22-11-8-20(9-12-22)27-18(2)29/h3-12,24H,13-16H2,1-2H3,(H,26,30)(H,27,29). The topological polar surface area (TPSA) is 109 Å². The third-order valence-electron chi connectivity index (χ3n) is 5.78. The average molecular weight is 482 g/mol. The van der Waals surface area contributed by atoms with E-state index in [-0.39, 0.29) is 36.2 Å². The van der Waals surface area contributed by atoms with Gasteiger partial charge in [-0.15, -0.1) is 0 Å². The molecule has 0 saturated heterocycles. The largest absolute Gasteiger partial charge is 0.465 e. The van der Waals surface area contributed by atoms with Crippen molar-refractivity contribution in [1.82, 2.24) is 9.62 Å². The number of benzene rings is 2. The molecular formula is C25H27N3O5S. The van der Waals surface area contributed by atoms with Gasteiger partial charge in [-0.3, -0.25) is 9.59 Å². The number of carbonyl (C=O) groups excluding carboxylic acids is 2. The van der Waals surface area contributed by atoms with Gasteiger partial charge in [-0.2, -0.15) is 4.31 Å². The van der Waals surface area contributed by atoms with E-state index in [0.717, 1.165) is 16.9 Å². The Bertz CT molecular complexity index is 1300. The average Bonchev–Trinajstić information content (AvgIpc) is 3.23. The summed E-state index contributed by atoms with van der Waals surface area (Å²) in [6.07, 6.45) is 0.545. The van der Waals surface area contributed by atoms with Gasteiger partial charge in [-0.1, -0.05) is 24.3 Å². The Labute approximate surface area is 199 Å². The fraction of sp³-hybridized carbons (Fsp3) is 0.280. The molecule has 0 fully saturated rings. The van der Waals surface area contributed by atoms with E-state index in [1.807, 2.05) is 37.3 Å². The second kappa shape index (κ2) is 9.82. The Balaban J connectivity index is 1.58. The molecule has 8 nitrogen and oxygen atoms in total. The fourth-order valence-corrected chi connectivity index (χ4v) is 5.80. The summed E-state index contributed by atoms with van der Waals surface area (Å²) in [5.41, 5.74) is 2.38. The van der Waals surface area contributed by atoms with Gasteiger partial charge in [0.05, 0.1) is 17.5 Å². The Morgan fingerprint density at radius 3 is 2.47 bits per heavy atom. The number of carbonyl (C=O) groups is 2. The van der Waals surface area contributed by atoms with Crippen molar-refractivity contribution in [3.63, 3.8) is 0 Å². The molecule has 1 unspecified atom stereocenters. The second-order valence-corrected chi connectivity index (χ2v) is 10.2. The monoisotopic (exact) mass is 481 g/mol. The number of amides is 2. The quantitative estimate of drug-likeness (QED) is 0.537. The molecule has 178 valence electrons. The van der Waals surface area contributed by atoms with Crippen molar-refractivity contribution in [3.05, 3.63) is 83.3 Å². The van der Waals surface area contributed by atoms with Crippen molar-refractivity contribution in [1.29, 1.82) is 0 Å². The van der Waals surface area contributed by atoms with Crippen LogP contribution in [0.4, 0.5) is 5.69 Å². The first-order valence-corrected chi connectivity index (χ1v) is 12.5. The molecule has 0 radical (unpaired) electrons. The summed E-state index contributed by atoms with van der Waals surface area (Å²) < 4.78 is 34.1. The van der Waals surface area contributed by atoms with Gasteiger partial charge in [-0.05, 0) is 60.9 Å². The fourth-order valence-electron chi connectivity index (χ4n) is 4.19. The first-order valence-electron chi connectivity index (χ1n) is 11.0. The molecule has 1 aromatic heterocycles. The van der Waals surface area contributed by atoms with Crippen LogP contribution in [0.2, 0.25) is 0 Å². The van der Waals surface area contributed by atoms with Gasteiger partial charge in [0, 0.05) is 25.6 Å². The third-order valence-corrected chi connectivity index (χ3v) is 7.70. The van der Waals surface area contributed by atoms with Crippen molar-refractivity contribution in [2.45, 2.75) is 44.2 Å². The molecule has 0 saturated carbocycles. The van der Waals surface area contributed by atoms with E-state index in [2.05, 4.69) is 10.6 Å². The van der Waals surface area contributed by atoms with Gasteiger partial charge in [0.15, 0.2) is 0 Å². The Hall–Kier alpha value is -3.43. The highest BCUT2D eigenvalue weighted by Gasteiger charge is 2.37. The number of anilines is 1. The van der Waals surface area contributed by atoms with Crippen molar-refractivity contribution in [2.24, 2.45) is 0 Å². The van der Waals surface area contributed by atoms with Crippen molar-refractivity contribution < 1.29 is 22.4 Å². The minimum absolute atomic E-state index is 0.0140. The van der Waals surface area contributed by atoms with E-state index in [1.165, 1.54) is 23.4 Å². The number of aryl methyl sites for hydroxylation is 1. The number of sulfonamides is 1. The molecule has 0 aliphatic carbocycles. The van der Waals surface area contributed by atoms with E-state index in [1.54, 1.807) is 18.2 Å². The lowest BCUT2D eigenvalue weighted by Gasteiger charge is -2.36. The molecule has 1 aliphatic heterocycles. The zero-order valence-electron chi connectivity index (χ0n) is 19.1. The first-order chi connectivity index (χ1) is 16.2. The van der Waals surface area contributed by atoms with Crippen LogP contribution < -0.4 is 10.6 Å². The normalized spacial score (nSPS) is 16.0. The number of fused-ring (bicyclic) bond motifs is 1. The number of hydrogen-bond donors (Lipinski definition) is 2.